The first-order valence-electron chi connectivity index (χ1n) is 14.1. The molecule has 0 aliphatic carbocycles. The Balaban J connectivity index is 0. The molecule has 0 amide bonds. The number of hydrogen-bond acceptors (Lipinski definition) is 0. The maximum absolute atomic E-state index is 2.43. The van der Waals surface area contributed by atoms with Gasteiger partial charge in [0, 0.05) is 0 Å². The monoisotopic (exact) mass is 508 g/mol. The predicted octanol–water partition coefficient (Wildman–Crippen LogP) is 11.2. The third kappa shape index (κ3) is 14.9. The molecule has 0 aliphatic rings. The van der Waals surface area contributed by atoms with Gasteiger partial charge >= 0.3 is 188 Å². The van der Waals surface area contributed by atoms with Crippen LogP contribution in [0.4, 0.5) is 0 Å². The fourth-order valence-corrected chi connectivity index (χ4v) is 13.7. The molecule has 30 heavy (non-hydrogen) atoms. The summed E-state index contributed by atoms with van der Waals surface area (Å²) in [6, 6.07) is 0. The van der Waals surface area contributed by atoms with Gasteiger partial charge in [0.2, 0.25) is 0 Å². The molecule has 0 aliphatic heterocycles. The topological polar surface area (TPSA) is 0 Å². The fourth-order valence-electron chi connectivity index (χ4n) is 5.61. The first-order chi connectivity index (χ1) is 14.1. The standard InChI is InChI=1S/C28H61P.BrH/c1-6-11-16-18-19-20-21-23-28-29(24-13-8-3,25-14-9-4,26-15-10-5)27-22-17-12-7-2;/h6-28H2,1-5H3;1H. The van der Waals surface area contributed by atoms with Crippen molar-refractivity contribution in [1.29, 1.82) is 0 Å². The summed E-state index contributed by atoms with van der Waals surface area (Å²) >= 11 is 0. The van der Waals surface area contributed by atoms with E-state index in [4.69, 9.17) is 0 Å². The second-order valence-corrected chi connectivity index (χ2v) is 17.2. The van der Waals surface area contributed by atoms with Gasteiger partial charge in [-0.15, -0.1) is 17.0 Å². The molecule has 0 heterocycles. The molecule has 0 fully saturated rings. The molecule has 0 spiro atoms. The Bertz CT molecular complexity index is 317. The zero-order valence-corrected chi connectivity index (χ0v) is 24.7. The molecule has 186 valence electrons. The molecule has 2 heteroatoms. The molecule has 0 aromatic carbocycles. The third-order valence-electron chi connectivity index (χ3n) is 7.72. The molecule has 0 saturated carbocycles. The van der Waals surface area contributed by atoms with Gasteiger partial charge in [-0.3, -0.25) is 0 Å². The SMILES string of the molecule is Br.CCCCCCCCCCP(CCCC)(CCCC)(CCCC)CCCCCC. The summed E-state index contributed by atoms with van der Waals surface area (Å²) < 4.78 is 0. The molecule has 0 aromatic heterocycles. The van der Waals surface area contributed by atoms with Crippen LogP contribution in [-0.2, 0) is 0 Å². The van der Waals surface area contributed by atoms with Crippen LogP contribution < -0.4 is 0 Å². The predicted molar refractivity (Wildman–Crippen MR) is 153 cm³/mol. The van der Waals surface area contributed by atoms with Crippen molar-refractivity contribution in [3.05, 3.63) is 0 Å². The summed E-state index contributed by atoms with van der Waals surface area (Å²) in [6.07, 6.45) is 34.7. The van der Waals surface area contributed by atoms with E-state index in [-0.39, 0.29) is 17.0 Å². The van der Waals surface area contributed by atoms with E-state index in [1.807, 2.05) is 0 Å². The minimum atomic E-state index is -1.54. The maximum atomic E-state index is 2.43. The quantitative estimate of drug-likeness (QED) is 0.0949. The number of rotatable bonds is 23. The molecular formula is C28H62BrP. The molecule has 0 radical (unpaired) electrons. The van der Waals surface area contributed by atoms with Crippen LogP contribution in [0.15, 0.2) is 0 Å². The van der Waals surface area contributed by atoms with Crippen molar-refractivity contribution in [2.45, 2.75) is 150 Å². The van der Waals surface area contributed by atoms with Crippen molar-refractivity contribution in [3.63, 3.8) is 0 Å². The van der Waals surface area contributed by atoms with Gasteiger partial charge in [-0.05, 0) is 0 Å². The van der Waals surface area contributed by atoms with Crippen molar-refractivity contribution in [2.75, 3.05) is 30.8 Å². The van der Waals surface area contributed by atoms with Crippen LogP contribution in [0.1, 0.15) is 150 Å². The van der Waals surface area contributed by atoms with Crippen molar-refractivity contribution in [2.24, 2.45) is 0 Å². The number of unbranched alkanes of at least 4 members (excludes halogenated alkanes) is 13. The van der Waals surface area contributed by atoms with Crippen LogP contribution in [0.25, 0.3) is 0 Å². The van der Waals surface area contributed by atoms with Crippen LogP contribution in [0.2, 0.25) is 0 Å². The Morgan fingerprint density at radius 1 is 0.300 bits per heavy atom. The van der Waals surface area contributed by atoms with E-state index in [1.54, 1.807) is 43.7 Å². The van der Waals surface area contributed by atoms with Gasteiger partial charge < -0.3 is 0 Å². The van der Waals surface area contributed by atoms with E-state index < -0.39 is 6.60 Å². The molecule has 0 saturated heterocycles. The second kappa shape index (κ2) is 21.7. The molecular weight excluding hydrogens is 447 g/mol. The zero-order valence-electron chi connectivity index (χ0n) is 22.1. The summed E-state index contributed by atoms with van der Waals surface area (Å²) in [5, 5.41) is 0. The Labute approximate surface area is 204 Å². The Kier molecular flexibility index (Phi) is 24.0. The Hall–Kier alpha value is 0.910. The first-order valence-corrected chi connectivity index (χ1v) is 17.3. The normalized spacial score (nSPS) is 13.0. The van der Waals surface area contributed by atoms with E-state index in [0.717, 1.165) is 0 Å². The first kappa shape index (κ1) is 33.1. The molecule has 0 nitrogen and oxygen atoms in total. The summed E-state index contributed by atoms with van der Waals surface area (Å²) in [7, 11) is 0. The summed E-state index contributed by atoms with van der Waals surface area (Å²) in [6.45, 7) is 10.4. The van der Waals surface area contributed by atoms with Crippen molar-refractivity contribution < 1.29 is 0 Å². The Morgan fingerprint density at radius 3 is 0.867 bits per heavy atom. The van der Waals surface area contributed by atoms with Gasteiger partial charge in [0.05, 0.1) is 0 Å². The van der Waals surface area contributed by atoms with E-state index in [1.165, 1.54) is 103 Å². The van der Waals surface area contributed by atoms with Crippen LogP contribution in [0.3, 0.4) is 0 Å². The van der Waals surface area contributed by atoms with Crippen molar-refractivity contribution in [1.82, 2.24) is 0 Å². The van der Waals surface area contributed by atoms with Gasteiger partial charge in [-0.25, -0.2) is 0 Å². The van der Waals surface area contributed by atoms with Crippen LogP contribution >= 0.6 is 23.6 Å². The van der Waals surface area contributed by atoms with Crippen LogP contribution in [0.5, 0.6) is 0 Å². The number of hydrogen-bond donors (Lipinski definition) is 0. The van der Waals surface area contributed by atoms with Crippen molar-refractivity contribution >= 4 is 23.6 Å². The van der Waals surface area contributed by atoms with E-state index in [9.17, 15) is 0 Å². The third-order valence-corrected chi connectivity index (χ3v) is 15.6. The molecule has 0 rings (SSSR count). The van der Waals surface area contributed by atoms with Gasteiger partial charge in [0.25, 0.3) is 0 Å². The van der Waals surface area contributed by atoms with E-state index >= 15 is 0 Å². The number of halogens is 1. The van der Waals surface area contributed by atoms with Crippen molar-refractivity contribution in [3.8, 4) is 0 Å². The Morgan fingerprint density at radius 2 is 0.533 bits per heavy atom. The van der Waals surface area contributed by atoms with Crippen LogP contribution in [-0.4, -0.2) is 30.8 Å². The van der Waals surface area contributed by atoms with E-state index in [0.29, 0.717) is 0 Å². The summed E-state index contributed by atoms with van der Waals surface area (Å²) in [5.74, 6) is 0. The molecule has 0 atom stereocenters. The van der Waals surface area contributed by atoms with Gasteiger partial charge in [-0.2, -0.15) is 0 Å². The molecule has 0 bridgehead atoms. The molecule has 0 aromatic rings. The van der Waals surface area contributed by atoms with E-state index in [2.05, 4.69) is 34.6 Å². The minimum absolute atomic E-state index is 0. The summed E-state index contributed by atoms with van der Waals surface area (Å²) in [4.78, 5) is 0. The van der Waals surface area contributed by atoms with Gasteiger partial charge in [0.15, 0.2) is 0 Å². The van der Waals surface area contributed by atoms with Gasteiger partial charge in [-0.1, -0.05) is 0 Å². The average Bonchev–Trinajstić information content (AvgIpc) is 2.75. The fraction of sp³-hybridized carbons (Fsp3) is 1.00. The molecule has 0 N–H and O–H groups in total. The van der Waals surface area contributed by atoms with Crippen LogP contribution in [0, 0.1) is 0 Å². The zero-order chi connectivity index (χ0) is 21.7. The van der Waals surface area contributed by atoms with Gasteiger partial charge in [0.1, 0.15) is 0 Å². The molecule has 0 unspecified atom stereocenters. The second-order valence-electron chi connectivity index (χ2n) is 10.5. The summed E-state index contributed by atoms with van der Waals surface area (Å²) in [5.41, 5.74) is 0. The average molecular weight is 510 g/mol.